The van der Waals surface area contributed by atoms with Gasteiger partial charge in [-0.05, 0) is 60.7 Å². The Morgan fingerprint density at radius 1 is 1.17 bits per heavy atom. The quantitative estimate of drug-likeness (QED) is 0.645. The summed E-state index contributed by atoms with van der Waals surface area (Å²) in [5, 5.41) is 4.93. The topological polar surface area (TPSA) is 73.6 Å². The molecule has 0 bridgehead atoms. The molecule has 6 heteroatoms. The van der Waals surface area contributed by atoms with Crippen molar-refractivity contribution in [3.05, 3.63) is 65.7 Å². The molecule has 0 radical (unpaired) electrons. The molecule has 1 aliphatic rings. The standard InChI is InChI=1S/C24H25FN2O3/c1-15-11-16(12-24(26)28)5-8-21(15)30-22-4-2-3-17-6-7-18(13-19(17)22)29-23-9-10-27-14-20(23)25/h2-8,11,13,20,23,27H,9-10,12,14H2,1H3,(H2,26,28). The molecule has 2 atom stereocenters. The molecule has 1 saturated heterocycles. The SMILES string of the molecule is Cc1cc(CC(N)=O)ccc1Oc1cccc2ccc(OC3CCNCC3F)cc12. The van der Waals surface area contributed by atoms with E-state index in [9.17, 15) is 9.18 Å². The molecule has 0 saturated carbocycles. The Hall–Kier alpha value is -3.12. The van der Waals surface area contributed by atoms with Crippen LogP contribution >= 0.6 is 0 Å². The van der Waals surface area contributed by atoms with Crippen molar-refractivity contribution >= 4 is 16.7 Å². The number of aryl methyl sites for hydroxylation is 1. The summed E-state index contributed by atoms with van der Waals surface area (Å²) in [6.45, 7) is 2.99. The molecule has 1 amide bonds. The predicted molar refractivity (Wildman–Crippen MR) is 115 cm³/mol. The normalized spacial score (nSPS) is 18.9. The van der Waals surface area contributed by atoms with Gasteiger partial charge >= 0.3 is 0 Å². The molecule has 156 valence electrons. The summed E-state index contributed by atoms with van der Waals surface area (Å²) in [7, 11) is 0. The summed E-state index contributed by atoms with van der Waals surface area (Å²) in [5.41, 5.74) is 7.04. The summed E-state index contributed by atoms with van der Waals surface area (Å²) >= 11 is 0. The largest absolute Gasteiger partial charge is 0.487 e. The summed E-state index contributed by atoms with van der Waals surface area (Å²) in [4.78, 5) is 11.1. The van der Waals surface area contributed by atoms with Crippen LogP contribution in [0, 0.1) is 6.92 Å². The van der Waals surface area contributed by atoms with Crippen LogP contribution in [0.2, 0.25) is 0 Å². The maximum atomic E-state index is 14.1. The highest BCUT2D eigenvalue weighted by Gasteiger charge is 2.26. The average molecular weight is 408 g/mol. The Labute approximate surface area is 175 Å². The lowest BCUT2D eigenvalue weighted by Crippen LogP contribution is -2.44. The lowest BCUT2D eigenvalue weighted by Gasteiger charge is -2.27. The molecule has 0 spiro atoms. The first-order valence-electron chi connectivity index (χ1n) is 10.1. The van der Waals surface area contributed by atoms with Crippen molar-refractivity contribution in [2.45, 2.75) is 32.0 Å². The van der Waals surface area contributed by atoms with Crippen molar-refractivity contribution in [2.24, 2.45) is 5.73 Å². The lowest BCUT2D eigenvalue weighted by molar-refractivity contribution is -0.117. The second-order valence-electron chi connectivity index (χ2n) is 7.65. The molecule has 1 fully saturated rings. The van der Waals surface area contributed by atoms with E-state index < -0.39 is 12.3 Å². The van der Waals surface area contributed by atoms with Crippen LogP contribution in [0.15, 0.2) is 54.6 Å². The molecule has 3 aromatic carbocycles. The fourth-order valence-corrected chi connectivity index (χ4v) is 3.75. The molecule has 0 aromatic heterocycles. The van der Waals surface area contributed by atoms with Gasteiger partial charge in [0.25, 0.3) is 0 Å². The number of carbonyl (C=O) groups excluding carboxylic acids is 1. The number of carbonyl (C=O) groups is 1. The molecule has 5 nitrogen and oxygen atoms in total. The highest BCUT2D eigenvalue weighted by molar-refractivity contribution is 5.89. The third-order valence-electron chi connectivity index (χ3n) is 5.29. The van der Waals surface area contributed by atoms with Crippen molar-refractivity contribution in [1.29, 1.82) is 0 Å². The van der Waals surface area contributed by atoms with Gasteiger partial charge in [0.15, 0.2) is 0 Å². The maximum absolute atomic E-state index is 14.1. The van der Waals surface area contributed by atoms with Crippen molar-refractivity contribution in [2.75, 3.05) is 13.1 Å². The molecule has 1 aliphatic heterocycles. The number of fused-ring (bicyclic) bond motifs is 1. The molecule has 0 aliphatic carbocycles. The number of alkyl halides is 1. The number of amides is 1. The highest BCUT2D eigenvalue weighted by atomic mass is 19.1. The summed E-state index contributed by atoms with van der Waals surface area (Å²) in [5.74, 6) is 1.64. The molecule has 2 unspecified atom stereocenters. The van der Waals surface area contributed by atoms with Gasteiger partial charge in [-0.3, -0.25) is 4.79 Å². The molecule has 3 N–H and O–H groups in total. The minimum atomic E-state index is -1.03. The van der Waals surface area contributed by atoms with E-state index in [0.29, 0.717) is 30.2 Å². The van der Waals surface area contributed by atoms with Gasteiger partial charge in [0.1, 0.15) is 29.5 Å². The highest BCUT2D eigenvalue weighted by Crippen LogP contribution is 2.34. The van der Waals surface area contributed by atoms with Crippen LogP contribution in [0.1, 0.15) is 17.5 Å². The van der Waals surface area contributed by atoms with Crippen LogP contribution in [0.25, 0.3) is 10.8 Å². The number of ether oxygens (including phenoxy) is 2. The summed E-state index contributed by atoms with van der Waals surface area (Å²) in [6, 6.07) is 17.1. The maximum Gasteiger partial charge on any atom is 0.221 e. The summed E-state index contributed by atoms with van der Waals surface area (Å²) in [6.07, 6.45) is -0.643. The number of primary amides is 1. The van der Waals surface area contributed by atoms with E-state index in [1.807, 2.05) is 61.5 Å². The molecule has 30 heavy (non-hydrogen) atoms. The van der Waals surface area contributed by atoms with E-state index in [1.54, 1.807) is 0 Å². The molecule has 1 heterocycles. The van der Waals surface area contributed by atoms with Gasteiger partial charge < -0.3 is 20.5 Å². The van der Waals surface area contributed by atoms with Crippen LogP contribution in [-0.2, 0) is 11.2 Å². The summed E-state index contributed by atoms with van der Waals surface area (Å²) < 4.78 is 26.3. The van der Waals surface area contributed by atoms with Crippen molar-refractivity contribution < 1.29 is 18.7 Å². The van der Waals surface area contributed by atoms with Gasteiger partial charge in [0.2, 0.25) is 5.91 Å². The zero-order valence-corrected chi connectivity index (χ0v) is 16.9. The first-order chi connectivity index (χ1) is 14.5. The third-order valence-corrected chi connectivity index (χ3v) is 5.29. The van der Waals surface area contributed by atoms with Crippen molar-refractivity contribution in [3.8, 4) is 17.2 Å². The van der Waals surface area contributed by atoms with Crippen molar-refractivity contribution in [1.82, 2.24) is 5.32 Å². The van der Waals surface area contributed by atoms with E-state index >= 15 is 0 Å². The van der Waals surface area contributed by atoms with E-state index in [-0.39, 0.29) is 12.3 Å². The fraction of sp³-hybridized carbons (Fsp3) is 0.292. The van der Waals surface area contributed by atoms with Crippen LogP contribution in [0.4, 0.5) is 4.39 Å². The second-order valence-corrected chi connectivity index (χ2v) is 7.65. The van der Waals surface area contributed by atoms with Gasteiger partial charge in [-0.1, -0.05) is 30.3 Å². The number of halogens is 1. The first-order valence-corrected chi connectivity index (χ1v) is 10.1. The lowest BCUT2D eigenvalue weighted by atomic mass is 10.1. The molecular weight excluding hydrogens is 383 g/mol. The smallest absolute Gasteiger partial charge is 0.221 e. The van der Waals surface area contributed by atoms with Crippen LogP contribution < -0.4 is 20.5 Å². The van der Waals surface area contributed by atoms with Crippen LogP contribution in [-0.4, -0.2) is 31.3 Å². The number of hydrogen-bond donors (Lipinski definition) is 2. The second kappa shape index (κ2) is 8.71. The Balaban J connectivity index is 1.60. The number of nitrogens with two attached hydrogens (primary N) is 1. The average Bonchev–Trinajstić information content (AvgIpc) is 2.71. The Bertz CT molecular complexity index is 1070. The Kier molecular flexibility index (Phi) is 5.86. The van der Waals surface area contributed by atoms with Gasteiger partial charge in [-0.2, -0.15) is 0 Å². The predicted octanol–water partition coefficient (Wildman–Crippen LogP) is 4.05. The zero-order valence-electron chi connectivity index (χ0n) is 16.9. The van der Waals surface area contributed by atoms with Crippen LogP contribution in [0.5, 0.6) is 17.2 Å². The Morgan fingerprint density at radius 2 is 2.03 bits per heavy atom. The van der Waals surface area contributed by atoms with E-state index in [4.69, 9.17) is 15.2 Å². The van der Waals surface area contributed by atoms with E-state index in [0.717, 1.165) is 28.4 Å². The molecule has 3 aromatic rings. The molecular formula is C24H25FN2O3. The van der Waals surface area contributed by atoms with Gasteiger partial charge in [-0.15, -0.1) is 0 Å². The zero-order chi connectivity index (χ0) is 21.1. The number of rotatable bonds is 6. The van der Waals surface area contributed by atoms with Crippen LogP contribution in [0.3, 0.4) is 0 Å². The first kappa shape index (κ1) is 20.2. The fourth-order valence-electron chi connectivity index (χ4n) is 3.75. The van der Waals surface area contributed by atoms with Gasteiger partial charge in [-0.25, -0.2) is 4.39 Å². The number of benzene rings is 3. The van der Waals surface area contributed by atoms with Gasteiger partial charge in [0, 0.05) is 11.9 Å². The van der Waals surface area contributed by atoms with Gasteiger partial charge in [0.05, 0.1) is 6.42 Å². The minimum absolute atomic E-state index is 0.197. The number of piperidine rings is 1. The Morgan fingerprint density at radius 3 is 2.80 bits per heavy atom. The third kappa shape index (κ3) is 4.54. The number of hydrogen-bond acceptors (Lipinski definition) is 4. The van der Waals surface area contributed by atoms with E-state index in [1.165, 1.54) is 0 Å². The van der Waals surface area contributed by atoms with E-state index in [2.05, 4.69) is 5.32 Å². The molecule has 4 rings (SSSR count). The number of nitrogens with one attached hydrogen (secondary N) is 1. The minimum Gasteiger partial charge on any atom is -0.487 e. The monoisotopic (exact) mass is 408 g/mol. The van der Waals surface area contributed by atoms with Crippen molar-refractivity contribution in [3.63, 3.8) is 0 Å².